The van der Waals surface area contributed by atoms with Gasteiger partial charge in [0.15, 0.2) is 0 Å². The maximum absolute atomic E-state index is 10.2. The van der Waals surface area contributed by atoms with Crippen molar-refractivity contribution in [3.05, 3.63) is 22.9 Å². The highest BCUT2D eigenvalue weighted by Gasteiger charge is 1.94. The van der Waals surface area contributed by atoms with Gasteiger partial charge in [0.2, 0.25) is 0 Å². The minimum atomic E-state index is -2.03. The molecule has 0 aliphatic rings. The molecule has 0 spiro atoms. The minimum Gasteiger partial charge on any atom is -0.289 e. The fraction of sp³-hybridized carbons (Fsp3) is 0. The Kier molecular flexibility index (Phi) is 2.98. The minimum absolute atomic E-state index is 0.508. The van der Waals surface area contributed by atoms with Crippen LogP contribution in [0.2, 0.25) is 0 Å². The fourth-order valence-corrected chi connectivity index (χ4v) is 1.09. The molecule has 0 aliphatic carbocycles. The van der Waals surface area contributed by atoms with Crippen molar-refractivity contribution >= 4 is 32.9 Å². The Morgan fingerprint density at radius 3 is 2.82 bits per heavy atom. The van der Waals surface area contributed by atoms with E-state index >= 15 is 0 Å². The fourth-order valence-electron chi connectivity index (χ4n) is 0.537. The number of rotatable bonds is 2. The van der Waals surface area contributed by atoms with Crippen LogP contribution in [0, 0.1) is 0 Å². The van der Waals surface area contributed by atoms with Crippen molar-refractivity contribution in [3.63, 3.8) is 0 Å². The van der Waals surface area contributed by atoms with Gasteiger partial charge in [-0.2, -0.15) is 0 Å². The molecule has 0 aliphatic heterocycles. The summed E-state index contributed by atoms with van der Waals surface area (Å²) in [5.41, 5.74) is 0.508. The number of nitrogens with one attached hydrogen (secondary N) is 1. The standard InChI is InChI=1S/C5H5BrN2O2S/c6-5-2-1-4(3-7-5)8-11(9)10/h1-3,8H,(H,9,10). The molecule has 1 aromatic heterocycles. The molecule has 0 fully saturated rings. The van der Waals surface area contributed by atoms with Crippen molar-refractivity contribution in [1.82, 2.24) is 4.98 Å². The summed E-state index contributed by atoms with van der Waals surface area (Å²) in [6.07, 6.45) is 1.46. The molecule has 1 aromatic rings. The van der Waals surface area contributed by atoms with Gasteiger partial charge in [-0.1, -0.05) is 0 Å². The lowest BCUT2D eigenvalue weighted by molar-refractivity contribution is 0.570. The SMILES string of the molecule is O=S(O)Nc1ccc(Br)nc1. The monoisotopic (exact) mass is 236 g/mol. The van der Waals surface area contributed by atoms with E-state index in [-0.39, 0.29) is 0 Å². The number of hydrogen-bond donors (Lipinski definition) is 2. The molecule has 60 valence electrons. The van der Waals surface area contributed by atoms with Crippen LogP contribution in [0.1, 0.15) is 0 Å². The van der Waals surface area contributed by atoms with Crippen molar-refractivity contribution in [2.45, 2.75) is 0 Å². The van der Waals surface area contributed by atoms with E-state index < -0.39 is 11.3 Å². The van der Waals surface area contributed by atoms with E-state index in [4.69, 9.17) is 4.55 Å². The lowest BCUT2D eigenvalue weighted by Gasteiger charge is -1.98. The Morgan fingerprint density at radius 2 is 2.36 bits per heavy atom. The lowest BCUT2D eigenvalue weighted by atomic mass is 10.4. The quantitative estimate of drug-likeness (QED) is 0.603. The van der Waals surface area contributed by atoms with Gasteiger partial charge in [-0.25, -0.2) is 9.19 Å². The number of nitrogens with zero attached hydrogens (tertiary/aromatic N) is 1. The second kappa shape index (κ2) is 3.80. The van der Waals surface area contributed by atoms with Gasteiger partial charge in [-0.15, -0.1) is 0 Å². The average Bonchev–Trinajstić information content (AvgIpc) is 1.93. The second-order valence-electron chi connectivity index (χ2n) is 1.72. The predicted octanol–water partition coefficient (Wildman–Crippen LogP) is 1.39. The normalized spacial score (nSPS) is 12.5. The van der Waals surface area contributed by atoms with Crippen LogP contribution in [0.4, 0.5) is 5.69 Å². The van der Waals surface area contributed by atoms with Crippen molar-refractivity contribution in [1.29, 1.82) is 0 Å². The zero-order valence-electron chi connectivity index (χ0n) is 5.32. The van der Waals surface area contributed by atoms with Gasteiger partial charge in [-0.05, 0) is 28.1 Å². The molecule has 1 atom stereocenters. The smallest absolute Gasteiger partial charge is 0.259 e. The summed E-state index contributed by atoms with van der Waals surface area (Å²) in [4.78, 5) is 3.84. The van der Waals surface area contributed by atoms with E-state index in [9.17, 15) is 4.21 Å². The highest BCUT2D eigenvalue weighted by molar-refractivity contribution is 9.10. The van der Waals surface area contributed by atoms with Gasteiger partial charge >= 0.3 is 0 Å². The highest BCUT2D eigenvalue weighted by atomic mass is 79.9. The molecule has 0 saturated carbocycles. The van der Waals surface area contributed by atoms with Crippen LogP contribution in [0.15, 0.2) is 22.9 Å². The third-order valence-corrected chi connectivity index (χ3v) is 1.81. The molecule has 0 radical (unpaired) electrons. The Bertz CT molecular complexity index is 264. The van der Waals surface area contributed by atoms with E-state index in [1.54, 1.807) is 12.1 Å². The van der Waals surface area contributed by atoms with Crippen LogP contribution >= 0.6 is 15.9 Å². The first kappa shape index (κ1) is 8.63. The molecule has 0 bridgehead atoms. The topological polar surface area (TPSA) is 62.2 Å². The summed E-state index contributed by atoms with van der Waals surface area (Å²) >= 11 is 1.11. The zero-order chi connectivity index (χ0) is 8.27. The number of halogens is 1. The first-order valence-electron chi connectivity index (χ1n) is 2.67. The highest BCUT2D eigenvalue weighted by Crippen LogP contribution is 2.10. The third-order valence-electron chi connectivity index (χ3n) is 0.933. The van der Waals surface area contributed by atoms with Crippen molar-refractivity contribution in [2.75, 3.05) is 4.72 Å². The summed E-state index contributed by atoms with van der Waals surface area (Å²) in [6, 6.07) is 3.32. The number of aromatic nitrogens is 1. The maximum atomic E-state index is 10.2. The van der Waals surface area contributed by atoms with Crippen LogP contribution in [-0.4, -0.2) is 13.7 Å². The van der Waals surface area contributed by atoms with Crippen molar-refractivity contribution in [3.8, 4) is 0 Å². The number of hydrogen-bond acceptors (Lipinski definition) is 2. The van der Waals surface area contributed by atoms with E-state index in [0.29, 0.717) is 10.3 Å². The molecule has 11 heavy (non-hydrogen) atoms. The van der Waals surface area contributed by atoms with E-state index in [2.05, 4.69) is 25.6 Å². The summed E-state index contributed by atoms with van der Waals surface area (Å²) < 4.78 is 21.6. The molecule has 4 nitrogen and oxygen atoms in total. The molecule has 6 heteroatoms. The van der Waals surface area contributed by atoms with Gasteiger partial charge < -0.3 is 0 Å². The van der Waals surface area contributed by atoms with E-state index in [1.807, 2.05) is 0 Å². The Morgan fingerprint density at radius 1 is 1.64 bits per heavy atom. The van der Waals surface area contributed by atoms with Crippen molar-refractivity contribution < 1.29 is 8.76 Å². The van der Waals surface area contributed by atoms with E-state index in [0.717, 1.165) is 0 Å². The molecule has 0 aromatic carbocycles. The van der Waals surface area contributed by atoms with Gasteiger partial charge in [0.25, 0.3) is 11.3 Å². The Labute approximate surface area is 74.6 Å². The Balaban J connectivity index is 2.74. The molecule has 0 amide bonds. The Hall–Kier alpha value is -0.460. The molecular formula is C5H5BrN2O2S. The molecule has 1 heterocycles. The predicted molar refractivity (Wildman–Crippen MR) is 46.3 cm³/mol. The largest absolute Gasteiger partial charge is 0.289 e. The van der Waals surface area contributed by atoms with Gasteiger partial charge in [0.05, 0.1) is 11.9 Å². The van der Waals surface area contributed by atoms with E-state index in [1.165, 1.54) is 6.20 Å². The first-order valence-corrected chi connectivity index (χ1v) is 4.57. The average molecular weight is 237 g/mol. The second-order valence-corrected chi connectivity index (χ2v) is 3.24. The summed E-state index contributed by atoms with van der Waals surface area (Å²) in [7, 11) is 0. The van der Waals surface area contributed by atoms with Gasteiger partial charge in [0, 0.05) is 0 Å². The molecule has 0 saturated heterocycles. The van der Waals surface area contributed by atoms with Crippen LogP contribution < -0.4 is 4.72 Å². The third kappa shape index (κ3) is 2.96. The summed E-state index contributed by atoms with van der Waals surface area (Å²) in [5, 5.41) is 0. The van der Waals surface area contributed by atoms with Crippen molar-refractivity contribution in [2.24, 2.45) is 0 Å². The van der Waals surface area contributed by atoms with Crippen LogP contribution in [-0.2, 0) is 11.3 Å². The maximum Gasteiger partial charge on any atom is 0.259 e. The first-order chi connectivity index (χ1) is 5.18. The van der Waals surface area contributed by atoms with Gasteiger partial charge in [-0.3, -0.25) is 9.27 Å². The lowest BCUT2D eigenvalue weighted by Crippen LogP contribution is -2.01. The van der Waals surface area contributed by atoms with Crippen LogP contribution in [0.5, 0.6) is 0 Å². The number of pyridine rings is 1. The molecule has 1 unspecified atom stereocenters. The van der Waals surface area contributed by atoms with Crippen LogP contribution in [0.25, 0.3) is 0 Å². The van der Waals surface area contributed by atoms with Gasteiger partial charge in [0.1, 0.15) is 4.60 Å². The molecule has 2 N–H and O–H groups in total. The molecule has 1 rings (SSSR count). The summed E-state index contributed by atoms with van der Waals surface area (Å²) in [6.45, 7) is 0. The molecular weight excluding hydrogens is 232 g/mol. The summed E-state index contributed by atoms with van der Waals surface area (Å²) in [5.74, 6) is 0. The van der Waals surface area contributed by atoms with Crippen LogP contribution in [0.3, 0.4) is 0 Å². The zero-order valence-corrected chi connectivity index (χ0v) is 7.72. The number of anilines is 1.